The van der Waals surface area contributed by atoms with Crippen LogP contribution in [-0.4, -0.2) is 16.2 Å². The summed E-state index contributed by atoms with van der Waals surface area (Å²) >= 11 is 0. The van der Waals surface area contributed by atoms with Crippen LogP contribution < -0.4 is 4.74 Å². The average molecular weight is 284 g/mol. The quantitative estimate of drug-likeness (QED) is 0.654. The van der Waals surface area contributed by atoms with Crippen molar-refractivity contribution in [1.82, 2.24) is 9.55 Å². The molecule has 0 fully saturated rings. The van der Waals surface area contributed by atoms with Crippen LogP contribution in [0.15, 0.2) is 49.1 Å². The van der Waals surface area contributed by atoms with Crippen LogP contribution in [0.25, 0.3) is 5.70 Å². The summed E-state index contributed by atoms with van der Waals surface area (Å²) in [6.45, 7) is 5.03. The van der Waals surface area contributed by atoms with Gasteiger partial charge < -0.3 is 9.30 Å². The molecular weight excluding hydrogens is 260 g/mol. The highest BCUT2D eigenvalue weighted by atomic mass is 16.5. The number of nitrogens with zero attached hydrogens (tertiary/aromatic N) is 2. The van der Waals surface area contributed by atoms with Gasteiger partial charge in [-0.1, -0.05) is 44.4 Å². The van der Waals surface area contributed by atoms with Crippen LogP contribution in [0.1, 0.15) is 45.1 Å². The second-order valence-corrected chi connectivity index (χ2v) is 5.05. The molecule has 0 amide bonds. The molecule has 21 heavy (non-hydrogen) atoms. The molecule has 3 nitrogen and oxygen atoms in total. The first kappa shape index (κ1) is 15.4. The molecule has 0 unspecified atom stereocenters. The summed E-state index contributed by atoms with van der Waals surface area (Å²) in [7, 11) is 0. The summed E-state index contributed by atoms with van der Waals surface area (Å²) in [6.07, 6.45) is 12.5. The fourth-order valence-corrected chi connectivity index (χ4v) is 2.36. The average Bonchev–Trinajstić information content (AvgIpc) is 3.03. The molecule has 3 heteroatoms. The second kappa shape index (κ2) is 8.30. The Balaban J connectivity index is 2.09. The van der Waals surface area contributed by atoms with Crippen molar-refractivity contribution < 1.29 is 4.74 Å². The van der Waals surface area contributed by atoms with Gasteiger partial charge >= 0.3 is 0 Å². The summed E-state index contributed by atoms with van der Waals surface area (Å²) in [4.78, 5) is 4.12. The highest BCUT2D eigenvalue weighted by molar-refractivity contribution is 5.70. The predicted octanol–water partition coefficient (Wildman–Crippen LogP) is 4.75. The minimum absolute atomic E-state index is 0.776. The highest BCUT2D eigenvalue weighted by Crippen LogP contribution is 2.27. The van der Waals surface area contributed by atoms with Gasteiger partial charge in [0.1, 0.15) is 5.75 Å². The number of allylic oxidation sites excluding steroid dienone is 1. The van der Waals surface area contributed by atoms with Crippen molar-refractivity contribution in [3.05, 3.63) is 54.6 Å². The molecule has 112 valence electrons. The zero-order chi connectivity index (χ0) is 14.9. The van der Waals surface area contributed by atoms with E-state index in [0.717, 1.165) is 30.0 Å². The number of para-hydroxylation sites is 1. The van der Waals surface area contributed by atoms with Crippen molar-refractivity contribution in [2.75, 3.05) is 6.61 Å². The van der Waals surface area contributed by atoms with Crippen LogP contribution in [0, 0.1) is 0 Å². The molecule has 0 aliphatic heterocycles. The largest absolute Gasteiger partial charge is 0.493 e. The summed E-state index contributed by atoms with van der Waals surface area (Å²) < 4.78 is 8.00. The Hall–Kier alpha value is -2.03. The minimum atomic E-state index is 0.776. The summed E-state index contributed by atoms with van der Waals surface area (Å²) in [5, 5.41) is 0. The smallest absolute Gasteiger partial charge is 0.128 e. The molecule has 0 N–H and O–H groups in total. The molecule has 0 aliphatic carbocycles. The molecule has 0 radical (unpaired) electrons. The summed E-state index contributed by atoms with van der Waals surface area (Å²) in [5.41, 5.74) is 2.20. The van der Waals surface area contributed by atoms with Crippen molar-refractivity contribution >= 4 is 5.70 Å². The Kier molecular flexibility index (Phi) is 6.07. The monoisotopic (exact) mass is 284 g/mol. The number of hydrogen-bond donors (Lipinski definition) is 0. The van der Waals surface area contributed by atoms with Crippen LogP contribution >= 0.6 is 0 Å². The maximum absolute atomic E-state index is 5.99. The third-order valence-corrected chi connectivity index (χ3v) is 3.47. The molecule has 0 spiro atoms. The number of unbranched alkanes of at least 4 members (excludes halogenated alkanes) is 3. The van der Waals surface area contributed by atoms with Crippen molar-refractivity contribution in [2.45, 2.75) is 39.5 Å². The summed E-state index contributed by atoms with van der Waals surface area (Å²) in [6, 6.07) is 8.19. The normalized spacial score (nSPS) is 11.6. The van der Waals surface area contributed by atoms with Gasteiger partial charge in [0.2, 0.25) is 0 Å². The lowest BCUT2D eigenvalue weighted by Gasteiger charge is -2.14. The van der Waals surface area contributed by atoms with Crippen LogP contribution in [0.2, 0.25) is 0 Å². The first-order chi connectivity index (χ1) is 10.4. The number of rotatable bonds is 8. The second-order valence-electron chi connectivity index (χ2n) is 5.05. The first-order valence-corrected chi connectivity index (χ1v) is 7.73. The molecule has 1 aromatic heterocycles. The molecular formula is C18H24N2O. The number of aromatic nitrogens is 2. The number of hydrogen-bond acceptors (Lipinski definition) is 2. The molecule has 1 aromatic carbocycles. The van der Waals surface area contributed by atoms with Gasteiger partial charge in [0.05, 0.1) is 18.6 Å². The molecule has 0 saturated carbocycles. The molecule has 0 bridgehead atoms. The number of imidazole rings is 1. The van der Waals surface area contributed by atoms with Gasteiger partial charge in [0, 0.05) is 18.0 Å². The zero-order valence-corrected chi connectivity index (χ0v) is 13.0. The van der Waals surface area contributed by atoms with E-state index >= 15 is 0 Å². The summed E-state index contributed by atoms with van der Waals surface area (Å²) in [5.74, 6) is 0.941. The lowest BCUT2D eigenvalue weighted by molar-refractivity contribution is 0.304. The fourth-order valence-electron chi connectivity index (χ4n) is 2.36. The van der Waals surface area contributed by atoms with Crippen molar-refractivity contribution in [2.24, 2.45) is 0 Å². The Morgan fingerprint density at radius 3 is 2.81 bits per heavy atom. The van der Waals surface area contributed by atoms with Crippen LogP contribution in [0.5, 0.6) is 5.75 Å². The lowest BCUT2D eigenvalue weighted by atomic mass is 10.1. The fraction of sp³-hybridized carbons (Fsp3) is 0.389. The van der Waals surface area contributed by atoms with E-state index in [-0.39, 0.29) is 0 Å². The van der Waals surface area contributed by atoms with Crippen LogP contribution in [-0.2, 0) is 0 Å². The Morgan fingerprint density at radius 1 is 1.24 bits per heavy atom. The van der Waals surface area contributed by atoms with E-state index < -0.39 is 0 Å². The molecule has 0 atom stereocenters. The van der Waals surface area contributed by atoms with Crippen LogP contribution in [0.4, 0.5) is 0 Å². The van der Waals surface area contributed by atoms with Gasteiger partial charge in [-0.3, -0.25) is 0 Å². The van der Waals surface area contributed by atoms with Gasteiger partial charge in [-0.15, -0.1) is 0 Å². The van der Waals surface area contributed by atoms with Crippen molar-refractivity contribution in [1.29, 1.82) is 0 Å². The first-order valence-electron chi connectivity index (χ1n) is 7.73. The Bertz CT molecular complexity index is 558. The Labute approximate surface area is 127 Å². The van der Waals surface area contributed by atoms with E-state index in [4.69, 9.17) is 4.74 Å². The minimum Gasteiger partial charge on any atom is -0.493 e. The maximum atomic E-state index is 5.99. The topological polar surface area (TPSA) is 27.1 Å². The van der Waals surface area contributed by atoms with E-state index in [1.807, 2.05) is 42.2 Å². The van der Waals surface area contributed by atoms with E-state index in [9.17, 15) is 0 Å². The maximum Gasteiger partial charge on any atom is 0.128 e. The molecule has 2 aromatic rings. The molecule has 2 rings (SSSR count). The zero-order valence-electron chi connectivity index (χ0n) is 13.0. The Morgan fingerprint density at radius 2 is 2.10 bits per heavy atom. The molecule has 1 heterocycles. The van der Waals surface area contributed by atoms with Gasteiger partial charge in [-0.2, -0.15) is 0 Å². The highest BCUT2D eigenvalue weighted by Gasteiger charge is 2.09. The number of ether oxygens (including phenoxy) is 1. The molecule has 0 saturated heterocycles. The third-order valence-electron chi connectivity index (χ3n) is 3.47. The molecule has 0 aliphatic rings. The standard InChI is InChI=1S/C18H24N2O/c1-3-5-6-9-14-21-18-11-8-7-10-16(18)17(4-2)20-13-12-19-15-20/h4,7-8,10-13,15H,3,5-6,9,14H2,1-2H3. The lowest BCUT2D eigenvalue weighted by Crippen LogP contribution is -2.03. The van der Waals surface area contributed by atoms with Gasteiger partial charge in [0.25, 0.3) is 0 Å². The van der Waals surface area contributed by atoms with Gasteiger partial charge in [-0.25, -0.2) is 4.98 Å². The predicted molar refractivity (Wildman–Crippen MR) is 87.4 cm³/mol. The van der Waals surface area contributed by atoms with E-state index in [0.29, 0.717) is 0 Å². The van der Waals surface area contributed by atoms with E-state index in [1.165, 1.54) is 19.3 Å². The third kappa shape index (κ3) is 4.22. The van der Waals surface area contributed by atoms with Crippen molar-refractivity contribution in [3.63, 3.8) is 0 Å². The SMILES string of the molecule is CC=C(c1ccccc1OCCCCCC)n1ccnc1. The van der Waals surface area contributed by atoms with E-state index in [2.05, 4.69) is 24.1 Å². The van der Waals surface area contributed by atoms with Gasteiger partial charge in [0.15, 0.2) is 0 Å². The van der Waals surface area contributed by atoms with Crippen molar-refractivity contribution in [3.8, 4) is 5.75 Å². The van der Waals surface area contributed by atoms with Gasteiger partial charge in [-0.05, 0) is 25.5 Å². The van der Waals surface area contributed by atoms with Crippen LogP contribution in [0.3, 0.4) is 0 Å². The van der Waals surface area contributed by atoms with E-state index in [1.54, 1.807) is 6.20 Å². The number of benzene rings is 1.